The molecule has 0 spiro atoms. The Morgan fingerprint density at radius 3 is 1.33 bits per heavy atom. The van der Waals surface area contributed by atoms with E-state index in [0.29, 0.717) is 12.8 Å². The molecule has 18 heavy (non-hydrogen) atoms. The van der Waals surface area contributed by atoms with Gasteiger partial charge in [0.05, 0.1) is 0 Å². The third-order valence-electron chi connectivity index (χ3n) is 1.97. The van der Waals surface area contributed by atoms with E-state index < -0.39 is 11.9 Å². The van der Waals surface area contributed by atoms with Gasteiger partial charge < -0.3 is 21.7 Å². The Hall–Kier alpha value is -2.24. The summed E-state index contributed by atoms with van der Waals surface area (Å²) >= 11 is 0. The molecule has 6 N–H and O–H groups in total. The lowest BCUT2D eigenvalue weighted by Crippen LogP contribution is -1.97. The van der Waals surface area contributed by atoms with E-state index in [-0.39, 0.29) is 12.8 Å². The molecule has 0 fully saturated rings. The third-order valence-corrected chi connectivity index (χ3v) is 1.97. The molecule has 0 atom stereocenters. The largest absolute Gasteiger partial charge is 0.481 e. The summed E-state index contributed by atoms with van der Waals surface area (Å²) in [5.74, 6) is -1.74. The fourth-order valence-electron chi connectivity index (χ4n) is 1.05. The lowest BCUT2D eigenvalue weighted by molar-refractivity contribution is -0.139. The van der Waals surface area contributed by atoms with Crippen LogP contribution in [0, 0.1) is 0 Å². The van der Waals surface area contributed by atoms with Crippen molar-refractivity contribution in [2.24, 2.45) is 0 Å². The Morgan fingerprint density at radius 2 is 1.11 bits per heavy atom. The van der Waals surface area contributed by atoms with Crippen LogP contribution in [0.25, 0.3) is 0 Å². The molecular weight excluding hydrogens is 236 g/mol. The maximum atomic E-state index is 9.90. The number of hydrogen-bond donors (Lipinski definition) is 4. The first-order valence-electron chi connectivity index (χ1n) is 5.46. The summed E-state index contributed by atoms with van der Waals surface area (Å²) in [7, 11) is 0. The van der Waals surface area contributed by atoms with Gasteiger partial charge in [0.25, 0.3) is 0 Å². The van der Waals surface area contributed by atoms with Crippen molar-refractivity contribution < 1.29 is 19.8 Å². The second kappa shape index (κ2) is 8.86. The van der Waals surface area contributed by atoms with Crippen LogP contribution in [0.1, 0.15) is 25.7 Å². The van der Waals surface area contributed by atoms with Gasteiger partial charge in [0, 0.05) is 24.2 Å². The van der Waals surface area contributed by atoms with Gasteiger partial charge in [-0.15, -0.1) is 0 Å². The van der Waals surface area contributed by atoms with Crippen molar-refractivity contribution in [1.29, 1.82) is 0 Å². The number of hydrogen-bond acceptors (Lipinski definition) is 4. The summed E-state index contributed by atoms with van der Waals surface area (Å²) in [5, 5.41) is 16.3. The molecule has 0 bridgehead atoms. The molecule has 0 heterocycles. The summed E-state index contributed by atoms with van der Waals surface area (Å²) in [5.41, 5.74) is 12.2. The number of anilines is 2. The number of benzene rings is 1. The Labute approximate surface area is 105 Å². The number of nitrogens with two attached hydrogens (primary N) is 2. The highest BCUT2D eigenvalue weighted by Crippen LogP contribution is 2.04. The van der Waals surface area contributed by atoms with Crippen molar-refractivity contribution >= 4 is 23.3 Å². The van der Waals surface area contributed by atoms with E-state index >= 15 is 0 Å². The average Bonchev–Trinajstić information content (AvgIpc) is 2.29. The number of nitrogen functional groups attached to an aromatic ring is 2. The van der Waals surface area contributed by atoms with Crippen molar-refractivity contribution in [2.75, 3.05) is 11.5 Å². The molecule has 0 radical (unpaired) electrons. The highest BCUT2D eigenvalue weighted by atomic mass is 16.4. The van der Waals surface area contributed by atoms with Crippen LogP contribution in [0.4, 0.5) is 11.4 Å². The van der Waals surface area contributed by atoms with Crippen LogP contribution in [0.2, 0.25) is 0 Å². The third kappa shape index (κ3) is 10.3. The van der Waals surface area contributed by atoms with Crippen LogP contribution in [-0.2, 0) is 9.59 Å². The van der Waals surface area contributed by atoms with Gasteiger partial charge in [-0.05, 0) is 37.1 Å². The maximum absolute atomic E-state index is 9.90. The monoisotopic (exact) mass is 254 g/mol. The predicted octanol–water partition coefficient (Wildman–Crippen LogP) is 1.57. The van der Waals surface area contributed by atoms with E-state index in [4.69, 9.17) is 21.7 Å². The summed E-state index contributed by atoms with van der Waals surface area (Å²) in [6.45, 7) is 0. The Bertz CT molecular complexity index is 339. The molecule has 1 aromatic rings. The predicted molar refractivity (Wildman–Crippen MR) is 69.0 cm³/mol. The smallest absolute Gasteiger partial charge is 0.303 e. The zero-order chi connectivity index (χ0) is 14.0. The highest BCUT2D eigenvalue weighted by Gasteiger charge is 1.99. The molecule has 0 saturated carbocycles. The van der Waals surface area contributed by atoms with Crippen LogP contribution >= 0.6 is 0 Å². The molecule has 6 heteroatoms. The van der Waals surface area contributed by atoms with Gasteiger partial charge in [0.15, 0.2) is 0 Å². The van der Waals surface area contributed by atoms with E-state index in [9.17, 15) is 9.59 Å². The number of carboxylic acid groups (broad SMARTS) is 2. The lowest BCUT2D eigenvalue weighted by atomic mass is 10.2. The number of unbranched alkanes of at least 4 members (excludes halogenated alkanes) is 1. The van der Waals surface area contributed by atoms with Crippen LogP contribution in [0.5, 0.6) is 0 Å². The van der Waals surface area contributed by atoms with Crippen molar-refractivity contribution in [1.82, 2.24) is 0 Å². The fourth-order valence-corrected chi connectivity index (χ4v) is 1.05. The second-order valence-corrected chi connectivity index (χ2v) is 3.66. The zero-order valence-corrected chi connectivity index (χ0v) is 10.0. The topological polar surface area (TPSA) is 127 Å². The minimum atomic E-state index is -0.870. The highest BCUT2D eigenvalue weighted by molar-refractivity contribution is 5.67. The molecule has 6 nitrogen and oxygen atoms in total. The van der Waals surface area contributed by atoms with Crippen LogP contribution in [-0.4, -0.2) is 22.2 Å². The summed E-state index contributed by atoms with van der Waals surface area (Å²) in [4.78, 5) is 19.8. The van der Waals surface area contributed by atoms with Crippen LogP contribution in [0.3, 0.4) is 0 Å². The first-order valence-corrected chi connectivity index (χ1v) is 5.46. The average molecular weight is 254 g/mol. The Kier molecular flexibility index (Phi) is 7.76. The van der Waals surface area contributed by atoms with Gasteiger partial charge in [-0.3, -0.25) is 9.59 Å². The number of rotatable bonds is 5. The summed E-state index contributed by atoms with van der Waals surface area (Å²) in [6.07, 6.45) is 1.02. The van der Waals surface area contributed by atoms with E-state index in [1.54, 1.807) is 24.3 Å². The second-order valence-electron chi connectivity index (χ2n) is 3.66. The summed E-state index contributed by atoms with van der Waals surface area (Å²) < 4.78 is 0. The summed E-state index contributed by atoms with van der Waals surface area (Å²) in [6, 6.07) is 7.09. The van der Waals surface area contributed by atoms with Crippen molar-refractivity contribution in [3.63, 3.8) is 0 Å². The molecule has 0 aliphatic heterocycles. The minimum Gasteiger partial charge on any atom is -0.481 e. The van der Waals surface area contributed by atoms with Gasteiger partial charge in [-0.2, -0.15) is 0 Å². The number of carboxylic acids is 2. The molecule has 0 aliphatic rings. The van der Waals surface area contributed by atoms with Crippen LogP contribution in [0.15, 0.2) is 24.3 Å². The molecule has 0 aromatic heterocycles. The molecule has 0 aliphatic carbocycles. The molecule has 1 aromatic carbocycles. The lowest BCUT2D eigenvalue weighted by Gasteiger charge is -1.92. The van der Waals surface area contributed by atoms with Gasteiger partial charge in [-0.1, -0.05) is 0 Å². The molecule has 1 rings (SSSR count). The van der Waals surface area contributed by atoms with E-state index in [1.165, 1.54) is 0 Å². The molecule has 0 saturated heterocycles. The van der Waals surface area contributed by atoms with Crippen molar-refractivity contribution in [3.8, 4) is 0 Å². The molecule has 0 amide bonds. The SMILES string of the molecule is Nc1ccc(N)cc1.O=C(O)CCCCC(=O)O. The quantitative estimate of drug-likeness (QED) is 0.466. The molecule has 0 unspecified atom stereocenters. The number of aliphatic carboxylic acids is 2. The van der Waals surface area contributed by atoms with Crippen molar-refractivity contribution in [2.45, 2.75) is 25.7 Å². The van der Waals surface area contributed by atoms with Gasteiger partial charge in [-0.25, -0.2) is 0 Å². The Balaban J connectivity index is 0.000000327. The van der Waals surface area contributed by atoms with Gasteiger partial charge >= 0.3 is 11.9 Å². The van der Waals surface area contributed by atoms with Crippen LogP contribution < -0.4 is 11.5 Å². The van der Waals surface area contributed by atoms with Gasteiger partial charge in [0.2, 0.25) is 0 Å². The first-order chi connectivity index (χ1) is 8.41. The standard InChI is InChI=1S/C6H8N2.C6H10O4/c7-5-1-2-6(8)4-3-5;7-5(8)3-1-2-4-6(9)10/h1-4H,7-8H2;1-4H2,(H,7,8)(H,9,10). The maximum Gasteiger partial charge on any atom is 0.303 e. The van der Waals surface area contributed by atoms with E-state index in [0.717, 1.165) is 11.4 Å². The van der Waals surface area contributed by atoms with Crippen molar-refractivity contribution in [3.05, 3.63) is 24.3 Å². The molecule has 100 valence electrons. The minimum absolute atomic E-state index is 0.0628. The normalized spacial score (nSPS) is 9.11. The molecular formula is C12H18N2O4. The number of carbonyl (C=O) groups is 2. The van der Waals surface area contributed by atoms with E-state index in [2.05, 4.69) is 0 Å². The first kappa shape index (κ1) is 15.8. The Morgan fingerprint density at radius 1 is 0.833 bits per heavy atom. The zero-order valence-electron chi connectivity index (χ0n) is 10.0. The van der Waals surface area contributed by atoms with Gasteiger partial charge in [0.1, 0.15) is 0 Å². The fraction of sp³-hybridized carbons (Fsp3) is 0.333. The van der Waals surface area contributed by atoms with E-state index in [1.807, 2.05) is 0 Å².